The number of aryl methyl sites for hydroxylation is 2. The van der Waals surface area contributed by atoms with Crippen molar-refractivity contribution in [2.45, 2.75) is 13.8 Å². The highest BCUT2D eigenvalue weighted by Crippen LogP contribution is 2.32. The number of hydrogen-bond acceptors (Lipinski definition) is 3. The normalized spacial score (nSPS) is 13.3. The number of carbonyl (C=O) groups is 2. The van der Waals surface area contributed by atoms with Crippen LogP contribution in [0.4, 0.5) is 11.4 Å². The van der Waals surface area contributed by atoms with Crippen LogP contribution in [-0.4, -0.2) is 25.0 Å². The van der Waals surface area contributed by atoms with Crippen LogP contribution in [0.15, 0.2) is 40.9 Å². The van der Waals surface area contributed by atoms with E-state index in [2.05, 4.69) is 21.2 Å². The van der Waals surface area contributed by atoms with Crippen LogP contribution in [0.5, 0.6) is 5.75 Å². The summed E-state index contributed by atoms with van der Waals surface area (Å²) < 4.78 is 6.40. The summed E-state index contributed by atoms with van der Waals surface area (Å²) in [5.41, 5.74) is 3.34. The van der Waals surface area contributed by atoms with Gasteiger partial charge in [0.1, 0.15) is 12.3 Å². The number of anilines is 2. The van der Waals surface area contributed by atoms with Gasteiger partial charge < -0.3 is 10.1 Å². The van der Waals surface area contributed by atoms with Crippen molar-refractivity contribution in [3.63, 3.8) is 0 Å². The fourth-order valence-electron chi connectivity index (χ4n) is 2.59. The lowest BCUT2D eigenvalue weighted by molar-refractivity contribution is -0.123. The average Bonchev–Trinajstić information content (AvgIpc) is 2.53. The van der Waals surface area contributed by atoms with Gasteiger partial charge in [-0.3, -0.25) is 14.5 Å². The highest BCUT2D eigenvalue weighted by molar-refractivity contribution is 9.10. The number of fused-ring (bicyclic) bond motifs is 1. The van der Waals surface area contributed by atoms with Crippen LogP contribution >= 0.6 is 15.9 Å². The van der Waals surface area contributed by atoms with E-state index in [1.807, 2.05) is 44.2 Å². The maximum absolute atomic E-state index is 12.4. The van der Waals surface area contributed by atoms with Crippen molar-refractivity contribution >= 4 is 39.1 Å². The topological polar surface area (TPSA) is 58.6 Å². The molecule has 0 radical (unpaired) electrons. The lowest BCUT2D eigenvalue weighted by Gasteiger charge is -2.29. The molecular weight excluding hydrogens is 372 g/mol. The van der Waals surface area contributed by atoms with Gasteiger partial charge in [0.15, 0.2) is 6.61 Å². The van der Waals surface area contributed by atoms with Crippen LogP contribution < -0.4 is 15.0 Å². The van der Waals surface area contributed by atoms with Crippen molar-refractivity contribution in [2.24, 2.45) is 0 Å². The monoisotopic (exact) mass is 388 g/mol. The SMILES string of the molecule is Cc1ccc2c(c1)OCC(=O)N2CC(=O)Nc1ccc(Br)cc1C. The molecular formula is C18H17BrN2O3. The largest absolute Gasteiger partial charge is 0.482 e. The molecule has 0 atom stereocenters. The van der Waals surface area contributed by atoms with Crippen molar-refractivity contribution < 1.29 is 14.3 Å². The standard InChI is InChI=1S/C18H17BrN2O3/c1-11-3-6-15-16(7-11)24-10-18(23)21(15)9-17(22)20-14-5-4-13(19)8-12(14)2/h3-8H,9-10H2,1-2H3,(H,20,22). The van der Waals surface area contributed by atoms with Crippen LogP contribution in [0.1, 0.15) is 11.1 Å². The minimum absolute atomic E-state index is 0.0479. The Labute approximate surface area is 148 Å². The Morgan fingerprint density at radius 3 is 2.79 bits per heavy atom. The molecule has 1 heterocycles. The molecule has 2 aromatic rings. The van der Waals surface area contributed by atoms with Gasteiger partial charge in [0.25, 0.3) is 5.91 Å². The smallest absolute Gasteiger partial charge is 0.265 e. The minimum Gasteiger partial charge on any atom is -0.482 e. The van der Waals surface area contributed by atoms with E-state index in [1.165, 1.54) is 4.90 Å². The molecule has 0 spiro atoms. The molecule has 3 rings (SSSR count). The number of carbonyl (C=O) groups excluding carboxylic acids is 2. The average molecular weight is 389 g/mol. The van der Waals surface area contributed by atoms with Crippen molar-refractivity contribution in [3.8, 4) is 5.75 Å². The number of ether oxygens (including phenoxy) is 1. The molecule has 5 nitrogen and oxygen atoms in total. The van der Waals surface area contributed by atoms with Crippen LogP contribution in [0.25, 0.3) is 0 Å². The Morgan fingerprint density at radius 2 is 2.04 bits per heavy atom. The van der Waals surface area contributed by atoms with Gasteiger partial charge in [-0.1, -0.05) is 22.0 Å². The van der Waals surface area contributed by atoms with Crippen molar-refractivity contribution in [1.29, 1.82) is 0 Å². The molecule has 0 aliphatic carbocycles. The zero-order valence-electron chi connectivity index (χ0n) is 13.4. The first-order chi connectivity index (χ1) is 11.4. The zero-order valence-corrected chi connectivity index (χ0v) is 15.0. The van der Waals surface area contributed by atoms with Crippen LogP contribution in [0.2, 0.25) is 0 Å². The molecule has 1 aliphatic rings. The summed E-state index contributed by atoms with van der Waals surface area (Å²) in [5, 5.41) is 2.85. The van der Waals surface area contributed by atoms with E-state index in [1.54, 1.807) is 6.07 Å². The number of nitrogens with one attached hydrogen (secondary N) is 1. The number of amides is 2. The van der Waals surface area contributed by atoms with Gasteiger partial charge in [-0.2, -0.15) is 0 Å². The predicted octanol–water partition coefficient (Wildman–Crippen LogP) is 3.43. The number of halogens is 1. The Kier molecular flexibility index (Phi) is 4.57. The summed E-state index contributed by atoms with van der Waals surface area (Å²) in [6, 6.07) is 11.2. The van der Waals surface area contributed by atoms with E-state index in [0.29, 0.717) is 11.4 Å². The van der Waals surface area contributed by atoms with Crippen LogP contribution in [0, 0.1) is 13.8 Å². The van der Waals surface area contributed by atoms with Gasteiger partial charge in [-0.05, 0) is 55.3 Å². The van der Waals surface area contributed by atoms with E-state index in [0.717, 1.165) is 21.3 Å². The van der Waals surface area contributed by atoms with E-state index in [4.69, 9.17) is 4.74 Å². The maximum atomic E-state index is 12.4. The lowest BCUT2D eigenvalue weighted by Crippen LogP contribution is -2.43. The number of rotatable bonds is 3. The number of benzene rings is 2. The van der Waals surface area contributed by atoms with E-state index in [9.17, 15) is 9.59 Å². The second-order valence-corrected chi connectivity index (χ2v) is 6.66. The molecule has 0 unspecified atom stereocenters. The van der Waals surface area contributed by atoms with E-state index in [-0.39, 0.29) is 25.0 Å². The molecule has 0 saturated heterocycles. The molecule has 0 bridgehead atoms. The van der Waals surface area contributed by atoms with Crippen LogP contribution in [-0.2, 0) is 9.59 Å². The van der Waals surface area contributed by atoms with E-state index < -0.39 is 0 Å². The fraction of sp³-hybridized carbons (Fsp3) is 0.222. The number of nitrogens with zero attached hydrogens (tertiary/aromatic N) is 1. The molecule has 1 aliphatic heterocycles. The highest BCUT2D eigenvalue weighted by atomic mass is 79.9. The minimum atomic E-state index is -0.248. The van der Waals surface area contributed by atoms with Crippen molar-refractivity contribution in [1.82, 2.24) is 0 Å². The third-order valence-electron chi connectivity index (χ3n) is 3.82. The Hall–Kier alpha value is -2.34. The van der Waals surface area contributed by atoms with Gasteiger partial charge in [0, 0.05) is 10.2 Å². The Balaban J connectivity index is 1.78. The summed E-state index contributed by atoms with van der Waals surface area (Å²) in [6.45, 7) is 3.76. The highest BCUT2D eigenvalue weighted by Gasteiger charge is 2.27. The molecule has 0 saturated carbocycles. The molecule has 124 valence electrons. The zero-order chi connectivity index (χ0) is 17.3. The molecule has 2 amide bonds. The third kappa shape index (κ3) is 3.43. The summed E-state index contributed by atoms with van der Waals surface area (Å²) in [7, 11) is 0. The second-order valence-electron chi connectivity index (χ2n) is 5.75. The molecule has 6 heteroatoms. The fourth-order valence-corrected chi connectivity index (χ4v) is 3.06. The molecule has 0 aromatic heterocycles. The summed E-state index contributed by atoms with van der Waals surface area (Å²) in [4.78, 5) is 26.0. The van der Waals surface area contributed by atoms with Gasteiger partial charge >= 0.3 is 0 Å². The first kappa shape index (κ1) is 16.5. The van der Waals surface area contributed by atoms with Gasteiger partial charge in [-0.25, -0.2) is 0 Å². The Bertz CT molecular complexity index is 820. The first-order valence-electron chi connectivity index (χ1n) is 7.54. The van der Waals surface area contributed by atoms with Gasteiger partial charge in [-0.15, -0.1) is 0 Å². The predicted molar refractivity (Wildman–Crippen MR) is 96.5 cm³/mol. The van der Waals surface area contributed by atoms with Gasteiger partial charge in [0.2, 0.25) is 5.91 Å². The maximum Gasteiger partial charge on any atom is 0.265 e. The van der Waals surface area contributed by atoms with E-state index >= 15 is 0 Å². The summed E-state index contributed by atoms with van der Waals surface area (Å²) >= 11 is 3.39. The van der Waals surface area contributed by atoms with Crippen molar-refractivity contribution in [3.05, 3.63) is 52.0 Å². The summed E-state index contributed by atoms with van der Waals surface area (Å²) in [6.07, 6.45) is 0. The van der Waals surface area contributed by atoms with Gasteiger partial charge in [0.05, 0.1) is 5.69 Å². The molecule has 0 fully saturated rings. The molecule has 1 N–H and O–H groups in total. The Morgan fingerprint density at radius 1 is 1.25 bits per heavy atom. The molecule has 2 aromatic carbocycles. The molecule has 24 heavy (non-hydrogen) atoms. The second kappa shape index (κ2) is 6.65. The van der Waals surface area contributed by atoms with Crippen LogP contribution in [0.3, 0.4) is 0 Å². The third-order valence-corrected chi connectivity index (χ3v) is 4.32. The lowest BCUT2D eigenvalue weighted by atomic mass is 10.1. The first-order valence-corrected chi connectivity index (χ1v) is 8.33. The van der Waals surface area contributed by atoms with Crippen molar-refractivity contribution in [2.75, 3.05) is 23.4 Å². The quantitative estimate of drug-likeness (QED) is 0.875. The summed E-state index contributed by atoms with van der Waals surface area (Å²) in [5.74, 6) is 0.151. The number of hydrogen-bond donors (Lipinski definition) is 1.